The van der Waals surface area contributed by atoms with Crippen LogP contribution in [0.5, 0.6) is 0 Å². The number of anilines is 1. The van der Waals surface area contributed by atoms with Crippen molar-refractivity contribution >= 4 is 23.3 Å². The summed E-state index contributed by atoms with van der Waals surface area (Å²) < 4.78 is 1.76. The molecule has 3 aromatic rings. The minimum Gasteiger partial charge on any atom is -0.372 e. The Labute approximate surface area is 170 Å². The smallest absolute Gasteiger partial charge is 0.269 e. The maximum Gasteiger partial charge on any atom is 0.269 e. The van der Waals surface area contributed by atoms with Crippen molar-refractivity contribution in [1.82, 2.24) is 9.78 Å². The monoisotopic (exact) mass is 391 g/mol. The van der Waals surface area contributed by atoms with Crippen molar-refractivity contribution in [3.8, 4) is 5.69 Å². The highest BCUT2D eigenvalue weighted by molar-refractivity contribution is 5.83. The number of nitrogens with zero attached hydrogens (tertiary/aromatic N) is 5. The lowest BCUT2D eigenvalue weighted by molar-refractivity contribution is -0.384. The average molecular weight is 391 g/mol. The Morgan fingerprint density at radius 1 is 1.07 bits per heavy atom. The first kappa shape index (κ1) is 20.3. The molecule has 0 aliphatic carbocycles. The zero-order chi connectivity index (χ0) is 21.0. The lowest BCUT2D eigenvalue weighted by Crippen LogP contribution is -2.21. The van der Waals surface area contributed by atoms with E-state index in [-0.39, 0.29) is 5.69 Å². The van der Waals surface area contributed by atoms with Crippen LogP contribution in [0.4, 0.5) is 17.1 Å². The predicted octanol–water partition coefficient (Wildman–Crippen LogP) is 4.99. The van der Waals surface area contributed by atoms with Gasteiger partial charge < -0.3 is 4.90 Å². The molecule has 7 nitrogen and oxygen atoms in total. The van der Waals surface area contributed by atoms with Crippen LogP contribution in [0.3, 0.4) is 0 Å². The Morgan fingerprint density at radius 3 is 2.24 bits per heavy atom. The molecule has 2 aromatic carbocycles. The molecular weight excluding hydrogens is 366 g/mol. The molecule has 0 fully saturated rings. The van der Waals surface area contributed by atoms with Crippen LogP contribution >= 0.6 is 0 Å². The predicted molar refractivity (Wildman–Crippen MR) is 117 cm³/mol. The van der Waals surface area contributed by atoms with E-state index < -0.39 is 4.92 Å². The topological polar surface area (TPSA) is 76.6 Å². The summed E-state index contributed by atoms with van der Waals surface area (Å²) in [6.07, 6.45) is 1.84. The summed E-state index contributed by atoms with van der Waals surface area (Å²) in [6.45, 7) is 10.1. The highest BCUT2D eigenvalue weighted by Gasteiger charge is 2.13. The molecule has 0 N–H and O–H groups in total. The number of aromatic nitrogens is 2. The van der Waals surface area contributed by atoms with Gasteiger partial charge in [0.05, 0.1) is 22.0 Å². The van der Waals surface area contributed by atoms with Crippen LogP contribution in [-0.4, -0.2) is 34.0 Å². The van der Waals surface area contributed by atoms with E-state index in [1.165, 1.54) is 17.8 Å². The zero-order valence-electron chi connectivity index (χ0n) is 17.2. The van der Waals surface area contributed by atoms with E-state index in [9.17, 15) is 10.1 Å². The fourth-order valence-electron chi connectivity index (χ4n) is 3.29. The normalized spacial score (nSPS) is 11.2. The van der Waals surface area contributed by atoms with E-state index in [1.807, 2.05) is 20.1 Å². The van der Waals surface area contributed by atoms with Crippen molar-refractivity contribution < 1.29 is 4.92 Å². The van der Waals surface area contributed by atoms with E-state index >= 15 is 0 Å². The third kappa shape index (κ3) is 4.34. The van der Waals surface area contributed by atoms with E-state index in [2.05, 4.69) is 53.1 Å². The highest BCUT2D eigenvalue weighted by Crippen LogP contribution is 2.26. The van der Waals surface area contributed by atoms with E-state index in [0.29, 0.717) is 0 Å². The van der Waals surface area contributed by atoms with Gasteiger partial charge in [-0.15, -0.1) is 0 Å². The molecule has 0 bridgehead atoms. The molecule has 1 heterocycles. The SMILES string of the molecule is CCN(CC)c1ccc(C=Nc2c(C)nn(-c3ccc([N+](=O)[O-])cc3)c2C)cc1. The molecule has 0 radical (unpaired) electrons. The van der Waals surface area contributed by atoms with Gasteiger partial charge in [-0.25, -0.2) is 4.68 Å². The highest BCUT2D eigenvalue weighted by atomic mass is 16.6. The molecule has 0 spiro atoms. The Kier molecular flexibility index (Phi) is 6.07. The third-order valence-corrected chi connectivity index (χ3v) is 4.92. The lowest BCUT2D eigenvalue weighted by Gasteiger charge is -2.20. The van der Waals surface area contributed by atoms with Crippen molar-refractivity contribution in [2.75, 3.05) is 18.0 Å². The Hall–Kier alpha value is -3.48. The van der Waals surface area contributed by atoms with Gasteiger partial charge in [-0.1, -0.05) is 12.1 Å². The fourth-order valence-corrected chi connectivity index (χ4v) is 3.29. The Morgan fingerprint density at radius 2 is 1.69 bits per heavy atom. The standard InChI is InChI=1S/C22H25N5O2/c1-5-25(6-2)19-9-7-18(8-10-19)15-23-22-16(3)24-26(17(22)4)20-11-13-21(14-12-20)27(28)29/h7-15H,5-6H2,1-4H3. The number of hydrogen-bond donors (Lipinski definition) is 0. The fraction of sp³-hybridized carbons (Fsp3) is 0.273. The van der Waals surface area contributed by atoms with E-state index in [4.69, 9.17) is 0 Å². The van der Waals surface area contributed by atoms with Gasteiger partial charge in [0.15, 0.2) is 0 Å². The number of nitro groups is 1. The summed E-state index contributed by atoms with van der Waals surface area (Å²) in [5.74, 6) is 0. The molecule has 0 saturated heterocycles. The molecule has 0 unspecified atom stereocenters. The summed E-state index contributed by atoms with van der Waals surface area (Å²) in [7, 11) is 0. The van der Waals surface area contributed by atoms with E-state index in [0.717, 1.165) is 41.4 Å². The van der Waals surface area contributed by atoms with Gasteiger partial charge >= 0.3 is 0 Å². The van der Waals surface area contributed by atoms with Crippen LogP contribution in [0.2, 0.25) is 0 Å². The number of non-ortho nitro benzene ring substituents is 1. The number of aryl methyl sites for hydroxylation is 1. The van der Waals surface area contributed by atoms with Crippen LogP contribution in [-0.2, 0) is 0 Å². The molecule has 0 saturated carbocycles. The largest absolute Gasteiger partial charge is 0.372 e. The van der Waals surface area contributed by atoms with Crippen molar-refractivity contribution in [2.24, 2.45) is 4.99 Å². The van der Waals surface area contributed by atoms with Gasteiger partial charge in [-0.2, -0.15) is 5.10 Å². The number of rotatable bonds is 7. The van der Waals surface area contributed by atoms with Crippen molar-refractivity contribution in [3.63, 3.8) is 0 Å². The molecule has 0 atom stereocenters. The van der Waals surface area contributed by atoms with Gasteiger partial charge in [0.1, 0.15) is 5.69 Å². The second kappa shape index (κ2) is 8.68. The number of benzene rings is 2. The molecule has 150 valence electrons. The van der Waals surface area contributed by atoms with Crippen molar-refractivity contribution in [2.45, 2.75) is 27.7 Å². The second-order valence-electron chi connectivity index (χ2n) is 6.73. The van der Waals surface area contributed by atoms with E-state index in [1.54, 1.807) is 16.8 Å². The molecule has 0 amide bonds. The molecule has 7 heteroatoms. The molecule has 0 aliphatic heterocycles. The minimum absolute atomic E-state index is 0.0571. The second-order valence-corrected chi connectivity index (χ2v) is 6.73. The maximum atomic E-state index is 10.8. The first-order valence-electron chi connectivity index (χ1n) is 9.64. The Balaban J connectivity index is 1.84. The van der Waals surface area contributed by atoms with Crippen LogP contribution in [0.15, 0.2) is 53.5 Å². The van der Waals surface area contributed by atoms with Crippen LogP contribution < -0.4 is 4.90 Å². The molecule has 3 rings (SSSR count). The van der Waals surface area contributed by atoms with Crippen LogP contribution in [0.1, 0.15) is 30.8 Å². The van der Waals surface area contributed by atoms with Gasteiger partial charge in [0, 0.05) is 37.1 Å². The number of hydrogen-bond acceptors (Lipinski definition) is 5. The first-order chi connectivity index (χ1) is 13.9. The summed E-state index contributed by atoms with van der Waals surface area (Å²) in [5.41, 5.74) is 5.52. The number of aliphatic imine (C=N–C) groups is 1. The van der Waals surface area contributed by atoms with Crippen LogP contribution in [0, 0.1) is 24.0 Å². The van der Waals surface area contributed by atoms with Crippen LogP contribution in [0.25, 0.3) is 5.69 Å². The minimum atomic E-state index is -0.411. The van der Waals surface area contributed by atoms with Crippen molar-refractivity contribution in [3.05, 3.63) is 75.6 Å². The van der Waals surface area contributed by atoms with Gasteiger partial charge in [-0.3, -0.25) is 15.1 Å². The van der Waals surface area contributed by atoms with Gasteiger partial charge in [0.2, 0.25) is 0 Å². The summed E-state index contributed by atoms with van der Waals surface area (Å²) in [5, 5.41) is 15.4. The summed E-state index contributed by atoms with van der Waals surface area (Å²) in [6, 6.07) is 14.7. The maximum absolute atomic E-state index is 10.8. The lowest BCUT2D eigenvalue weighted by atomic mass is 10.2. The third-order valence-electron chi connectivity index (χ3n) is 4.92. The first-order valence-corrected chi connectivity index (χ1v) is 9.64. The zero-order valence-corrected chi connectivity index (χ0v) is 17.2. The quantitative estimate of drug-likeness (QED) is 0.323. The number of nitro benzene ring substituents is 1. The Bertz CT molecular complexity index is 1020. The molecule has 0 aliphatic rings. The average Bonchev–Trinajstić information content (AvgIpc) is 3.02. The molecule has 29 heavy (non-hydrogen) atoms. The van der Waals surface area contributed by atoms with Gasteiger partial charge in [-0.05, 0) is 57.5 Å². The molecule has 1 aromatic heterocycles. The summed E-state index contributed by atoms with van der Waals surface area (Å²) in [4.78, 5) is 17.4. The summed E-state index contributed by atoms with van der Waals surface area (Å²) >= 11 is 0. The van der Waals surface area contributed by atoms with Gasteiger partial charge in [0.25, 0.3) is 5.69 Å². The molecular formula is C22H25N5O2. The van der Waals surface area contributed by atoms with Crippen molar-refractivity contribution in [1.29, 1.82) is 0 Å².